The lowest BCUT2D eigenvalue weighted by Gasteiger charge is -2.43. The van der Waals surface area contributed by atoms with Crippen molar-refractivity contribution in [2.45, 2.75) is 82.1 Å². The number of aliphatic hydroxyl groups is 1. The monoisotopic (exact) mass is 589 g/mol. The number of ether oxygens (including phenoxy) is 1. The van der Waals surface area contributed by atoms with Gasteiger partial charge in [-0.25, -0.2) is 0 Å². The van der Waals surface area contributed by atoms with Gasteiger partial charge in [0.15, 0.2) is 23.0 Å². The third-order valence-electron chi connectivity index (χ3n) is 9.08. The molecule has 7 heteroatoms. The van der Waals surface area contributed by atoms with Crippen molar-refractivity contribution in [1.29, 1.82) is 0 Å². The van der Waals surface area contributed by atoms with Gasteiger partial charge in [-0.1, -0.05) is 55.8 Å². The van der Waals surface area contributed by atoms with Gasteiger partial charge < -0.3 is 30.5 Å². The van der Waals surface area contributed by atoms with Crippen LogP contribution in [0.5, 0.6) is 23.0 Å². The van der Waals surface area contributed by atoms with E-state index in [-0.39, 0.29) is 41.8 Å². The van der Waals surface area contributed by atoms with Crippen LogP contribution in [0.3, 0.4) is 0 Å². The summed E-state index contributed by atoms with van der Waals surface area (Å²) < 4.78 is 5.34. The molecule has 232 valence electrons. The van der Waals surface area contributed by atoms with E-state index in [0.717, 1.165) is 62.7 Å². The van der Waals surface area contributed by atoms with Crippen LogP contribution >= 0.6 is 0 Å². The summed E-state index contributed by atoms with van der Waals surface area (Å²) in [6, 6.07) is 20.4. The summed E-state index contributed by atoms with van der Waals surface area (Å²) in [5.74, 6) is 0.402. The first-order chi connectivity index (χ1) is 20.7. The minimum Gasteiger partial charge on any atom is -0.504 e. The molecule has 3 aromatic carbocycles. The molecule has 0 saturated heterocycles. The fourth-order valence-corrected chi connectivity index (χ4v) is 6.89. The highest BCUT2D eigenvalue weighted by atomic mass is 16.5. The zero-order valence-electron chi connectivity index (χ0n) is 25.5. The van der Waals surface area contributed by atoms with Crippen molar-refractivity contribution >= 4 is 5.78 Å². The number of hydrogen-bond donors (Lipinski definition) is 5. The number of carbonyl (C=O) groups is 1. The Bertz CT molecular complexity index is 1330. The zero-order valence-corrected chi connectivity index (χ0v) is 25.5. The molecule has 1 aliphatic carbocycles. The molecule has 1 aliphatic rings. The van der Waals surface area contributed by atoms with Crippen LogP contribution in [0.2, 0.25) is 0 Å². The number of Topliss-reactive ketones (excluding diaryl/α,β-unsaturated/α-hetero) is 1. The summed E-state index contributed by atoms with van der Waals surface area (Å²) in [6.07, 6.45) is 5.18. The van der Waals surface area contributed by atoms with Crippen molar-refractivity contribution in [3.8, 4) is 23.0 Å². The second-order valence-corrected chi connectivity index (χ2v) is 12.2. The van der Waals surface area contributed by atoms with Gasteiger partial charge in [0, 0.05) is 12.8 Å². The van der Waals surface area contributed by atoms with Gasteiger partial charge in [-0.2, -0.15) is 0 Å². The number of benzene rings is 3. The summed E-state index contributed by atoms with van der Waals surface area (Å²) in [6.45, 7) is 3.86. The standard InChI is InChI=1S/C36H47NO6/c1-3-37-24-26-10-7-17-36(22-26,29-14-16-32(40)34(42)20-29)23-31(39)21-30(38)18-27(12-11-25-8-5-4-6-9-25)28-13-15-33(41)35(19-28)43-2/h4-6,8-9,13-16,19-20,26-27,31,37,39-42H,3,7,10-12,17-18,21-24H2,1-2H3. The van der Waals surface area contributed by atoms with E-state index in [2.05, 4.69) is 24.4 Å². The van der Waals surface area contributed by atoms with Crippen molar-refractivity contribution < 1.29 is 30.0 Å². The van der Waals surface area contributed by atoms with E-state index in [1.165, 1.54) is 18.7 Å². The molecule has 4 unspecified atom stereocenters. The largest absolute Gasteiger partial charge is 0.504 e. The Balaban J connectivity index is 1.50. The van der Waals surface area contributed by atoms with E-state index in [4.69, 9.17) is 4.74 Å². The number of aromatic hydroxyl groups is 3. The van der Waals surface area contributed by atoms with Crippen LogP contribution in [-0.2, 0) is 16.6 Å². The van der Waals surface area contributed by atoms with Gasteiger partial charge >= 0.3 is 0 Å². The number of aryl methyl sites for hydroxylation is 1. The van der Waals surface area contributed by atoms with E-state index in [1.807, 2.05) is 30.3 Å². The van der Waals surface area contributed by atoms with Crippen LogP contribution in [0.25, 0.3) is 0 Å². The molecule has 43 heavy (non-hydrogen) atoms. The molecule has 3 aromatic rings. The van der Waals surface area contributed by atoms with E-state index in [9.17, 15) is 25.2 Å². The number of phenols is 3. The number of ketones is 1. The molecular formula is C36H47NO6. The Labute approximate surface area is 255 Å². The van der Waals surface area contributed by atoms with Crippen LogP contribution in [-0.4, -0.2) is 52.5 Å². The number of phenolic OH excluding ortho intramolecular Hbond substituents is 3. The number of carbonyl (C=O) groups excluding carboxylic acids is 1. The van der Waals surface area contributed by atoms with Gasteiger partial charge in [-0.15, -0.1) is 0 Å². The predicted octanol–water partition coefficient (Wildman–Crippen LogP) is 6.37. The van der Waals surface area contributed by atoms with Crippen LogP contribution < -0.4 is 10.1 Å². The van der Waals surface area contributed by atoms with Gasteiger partial charge in [0.05, 0.1) is 13.2 Å². The molecule has 4 atom stereocenters. The maximum absolute atomic E-state index is 13.5. The summed E-state index contributed by atoms with van der Waals surface area (Å²) in [4.78, 5) is 13.5. The number of hydrogen-bond acceptors (Lipinski definition) is 7. The summed E-state index contributed by atoms with van der Waals surface area (Å²) in [5, 5.41) is 45.3. The van der Waals surface area contributed by atoms with E-state index in [1.54, 1.807) is 18.2 Å². The van der Waals surface area contributed by atoms with Gasteiger partial charge in [-0.3, -0.25) is 4.79 Å². The van der Waals surface area contributed by atoms with E-state index < -0.39 is 11.5 Å². The highest BCUT2D eigenvalue weighted by molar-refractivity contribution is 5.79. The van der Waals surface area contributed by atoms with Crippen molar-refractivity contribution in [3.05, 3.63) is 83.4 Å². The van der Waals surface area contributed by atoms with Crippen molar-refractivity contribution in [3.63, 3.8) is 0 Å². The van der Waals surface area contributed by atoms with Gasteiger partial charge in [0.25, 0.3) is 0 Å². The predicted molar refractivity (Wildman–Crippen MR) is 169 cm³/mol. The molecule has 0 heterocycles. The Kier molecular flexibility index (Phi) is 11.5. The quantitative estimate of drug-likeness (QED) is 0.131. The fourth-order valence-electron chi connectivity index (χ4n) is 6.89. The minimum absolute atomic E-state index is 0.0127. The normalized spacial score (nSPS) is 19.9. The lowest BCUT2D eigenvalue weighted by molar-refractivity contribution is -0.121. The molecule has 4 rings (SSSR count). The average Bonchev–Trinajstić information content (AvgIpc) is 3.00. The first-order valence-corrected chi connectivity index (χ1v) is 15.6. The first kappa shape index (κ1) is 32.4. The van der Waals surface area contributed by atoms with E-state index >= 15 is 0 Å². The smallest absolute Gasteiger partial charge is 0.160 e. The topological polar surface area (TPSA) is 119 Å². The number of methoxy groups -OCH3 is 1. The van der Waals surface area contributed by atoms with Crippen molar-refractivity contribution in [1.82, 2.24) is 5.32 Å². The lowest BCUT2D eigenvalue weighted by Crippen LogP contribution is -2.39. The molecule has 5 N–H and O–H groups in total. The fraction of sp³-hybridized carbons (Fsp3) is 0.472. The molecule has 0 spiro atoms. The molecular weight excluding hydrogens is 542 g/mol. The van der Waals surface area contributed by atoms with Crippen LogP contribution in [0.4, 0.5) is 0 Å². The number of rotatable bonds is 15. The summed E-state index contributed by atoms with van der Waals surface area (Å²) in [5.41, 5.74) is 2.60. The number of nitrogens with one attached hydrogen (secondary N) is 1. The van der Waals surface area contributed by atoms with E-state index in [0.29, 0.717) is 18.1 Å². The Hall–Kier alpha value is -3.55. The summed E-state index contributed by atoms with van der Waals surface area (Å²) in [7, 11) is 1.51. The first-order valence-electron chi connectivity index (χ1n) is 15.6. The van der Waals surface area contributed by atoms with Gasteiger partial charge in [0.2, 0.25) is 0 Å². The molecule has 7 nitrogen and oxygen atoms in total. The Morgan fingerprint density at radius 1 is 1.00 bits per heavy atom. The van der Waals surface area contributed by atoms with Crippen LogP contribution in [0, 0.1) is 5.92 Å². The second kappa shape index (κ2) is 15.3. The van der Waals surface area contributed by atoms with Crippen molar-refractivity contribution in [2.75, 3.05) is 20.2 Å². The third-order valence-corrected chi connectivity index (χ3v) is 9.08. The molecule has 1 fully saturated rings. The molecule has 0 aliphatic heterocycles. The molecule has 0 radical (unpaired) electrons. The molecule has 1 saturated carbocycles. The molecule has 0 bridgehead atoms. The van der Waals surface area contributed by atoms with Crippen LogP contribution in [0.15, 0.2) is 66.7 Å². The minimum atomic E-state index is -0.842. The van der Waals surface area contributed by atoms with Gasteiger partial charge in [-0.05, 0) is 110 Å². The maximum atomic E-state index is 13.5. The third kappa shape index (κ3) is 8.74. The highest BCUT2D eigenvalue weighted by Gasteiger charge is 2.40. The SMILES string of the molecule is CCNCC1CCCC(CC(O)CC(=O)CC(CCc2ccccc2)c2ccc(O)c(OC)c2)(c2ccc(O)c(O)c2)C1. The van der Waals surface area contributed by atoms with Gasteiger partial charge in [0.1, 0.15) is 5.78 Å². The average molecular weight is 590 g/mol. The molecule has 0 amide bonds. The van der Waals surface area contributed by atoms with Crippen molar-refractivity contribution in [2.24, 2.45) is 5.92 Å². The lowest BCUT2D eigenvalue weighted by atomic mass is 9.63. The molecule has 0 aromatic heterocycles. The van der Waals surface area contributed by atoms with Crippen LogP contribution in [0.1, 0.15) is 80.9 Å². The zero-order chi connectivity index (χ0) is 30.8. The Morgan fingerprint density at radius 2 is 1.77 bits per heavy atom. The highest BCUT2D eigenvalue weighted by Crippen LogP contribution is 2.47. The Morgan fingerprint density at radius 3 is 2.49 bits per heavy atom. The second-order valence-electron chi connectivity index (χ2n) is 12.2. The maximum Gasteiger partial charge on any atom is 0.160 e. The summed E-state index contributed by atoms with van der Waals surface area (Å²) >= 11 is 0. The number of aliphatic hydroxyl groups excluding tert-OH is 1.